The Morgan fingerprint density at radius 1 is 1.38 bits per heavy atom. The van der Waals surface area contributed by atoms with Gasteiger partial charge in [0.2, 0.25) is 10.0 Å². The predicted octanol–water partition coefficient (Wildman–Crippen LogP) is 0.834. The number of hydrogen-bond acceptors (Lipinski definition) is 4. The molecule has 0 saturated carbocycles. The van der Waals surface area contributed by atoms with Crippen molar-refractivity contribution in [2.45, 2.75) is 17.7 Å². The van der Waals surface area contributed by atoms with Crippen molar-refractivity contribution in [3.05, 3.63) is 29.6 Å². The van der Waals surface area contributed by atoms with Crippen LogP contribution in [0.15, 0.2) is 23.1 Å². The molecule has 1 saturated heterocycles. The Balaban J connectivity index is 2.04. The second kappa shape index (κ2) is 6.78. The number of nitrogens with two attached hydrogens (primary N) is 1. The van der Waals surface area contributed by atoms with Gasteiger partial charge >= 0.3 is 0 Å². The average Bonchev–Trinajstić information content (AvgIpc) is 2.91. The van der Waals surface area contributed by atoms with Gasteiger partial charge in [-0.1, -0.05) is 12.2 Å². The second-order valence-corrected chi connectivity index (χ2v) is 7.16. The van der Waals surface area contributed by atoms with Crippen molar-refractivity contribution < 1.29 is 12.8 Å². The van der Waals surface area contributed by atoms with Gasteiger partial charge in [-0.15, -0.1) is 0 Å². The number of hydrogen-bond donors (Lipinski definition) is 2. The van der Waals surface area contributed by atoms with Crippen molar-refractivity contribution in [1.82, 2.24) is 9.62 Å². The van der Waals surface area contributed by atoms with E-state index in [1.807, 2.05) is 0 Å². The summed E-state index contributed by atoms with van der Waals surface area (Å²) in [6.07, 6.45) is 2.31. The highest BCUT2D eigenvalue weighted by Crippen LogP contribution is 2.15. The average molecular weight is 331 g/mol. The topological polar surface area (TPSA) is 75.4 Å². The van der Waals surface area contributed by atoms with E-state index >= 15 is 0 Å². The SMILES string of the molecule is NC(=S)c1cc(S(=O)(=O)NCCN2CCCC2)ccc1F. The molecule has 1 aliphatic heterocycles. The molecular weight excluding hydrogens is 313 g/mol. The smallest absolute Gasteiger partial charge is 0.240 e. The summed E-state index contributed by atoms with van der Waals surface area (Å²) in [6, 6.07) is 3.43. The molecule has 21 heavy (non-hydrogen) atoms. The summed E-state index contributed by atoms with van der Waals surface area (Å²) in [5.74, 6) is -0.626. The van der Waals surface area contributed by atoms with Gasteiger partial charge in [0, 0.05) is 18.7 Å². The van der Waals surface area contributed by atoms with E-state index in [0.717, 1.165) is 38.1 Å². The van der Waals surface area contributed by atoms with Crippen molar-refractivity contribution in [2.75, 3.05) is 26.2 Å². The minimum Gasteiger partial charge on any atom is -0.389 e. The Bertz CT molecular complexity index is 628. The van der Waals surface area contributed by atoms with Crippen molar-refractivity contribution in [2.24, 2.45) is 5.73 Å². The van der Waals surface area contributed by atoms with Gasteiger partial charge in [0.15, 0.2) is 0 Å². The lowest BCUT2D eigenvalue weighted by Gasteiger charge is -2.15. The predicted molar refractivity (Wildman–Crippen MR) is 83.1 cm³/mol. The first kappa shape index (κ1) is 16.3. The summed E-state index contributed by atoms with van der Waals surface area (Å²) in [6.45, 7) is 3.00. The number of likely N-dealkylation sites (tertiary alicyclic amines) is 1. The highest BCUT2D eigenvalue weighted by molar-refractivity contribution is 7.89. The first-order valence-corrected chi connectivity index (χ1v) is 8.61. The van der Waals surface area contributed by atoms with E-state index in [9.17, 15) is 12.8 Å². The molecule has 0 aliphatic carbocycles. The maximum absolute atomic E-state index is 13.5. The number of nitrogens with one attached hydrogen (secondary N) is 1. The normalized spacial score (nSPS) is 16.2. The largest absolute Gasteiger partial charge is 0.389 e. The molecule has 0 unspecified atom stereocenters. The van der Waals surface area contributed by atoms with Gasteiger partial charge in [-0.05, 0) is 44.1 Å². The van der Waals surface area contributed by atoms with E-state index in [1.165, 1.54) is 6.07 Å². The maximum atomic E-state index is 13.5. The molecule has 1 fully saturated rings. The van der Waals surface area contributed by atoms with Crippen LogP contribution in [0.25, 0.3) is 0 Å². The third-order valence-corrected chi connectivity index (χ3v) is 5.11. The number of sulfonamides is 1. The quantitative estimate of drug-likeness (QED) is 0.756. The van der Waals surface area contributed by atoms with Gasteiger partial charge in [-0.25, -0.2) is 17.5 Å². The summed E-state index contributed by atoms with van der Waals surface area (Å²) in [4.78, 5) is 2.00. The van der Waals surface area contributed by atoms with Crippen LogP contribution < -0.4 is 10.5 Å². The Kier molecular flexibility index (Phi) is 5.26. The highest BCUT2D eigenvalue weighted by Gasteiger charge is 2.18. The number of rotatable bonds is 6. The molecule has 3 N–H and O–H groups in total. The lowest BCUT2D eigenvalue weighted by atomic mass is 10.2. The van der Waals surface area contributed by atoms with E-state index in [2.05, 4.69) is 9.62 Å². The van der Waals surface area contributed by atoms with E-state index in [-0.39, 0.29) is 15.4 Å². The molecule has 1 aromatic carbocycles. The van der Waals surface area contributed by atoms with Crippen molar-refractivity contribution in [3.63, 3.8) is 0 Å². The fourth-order valence-corrected chi connectivity index (χ4v) is 3.49. The Morgan fingerprint density at radius 2 is 2.05 bits per heavy atom. The van der Waals surface area contributed by atoms with Crippen LogP contribution >= 0.6 is 12.2 Å². The van der Waals surface area contributed by atoms with E-state index in [0.29, 0.717) is 13.1 Å². The summed E-state index contributed by atoms with van der Waals surface area (Å²) >= 11 is 4.71. The first-order valence-electron chi connectivity index (χ1n) is 6.71. The number of nitrogens with zero attached hydrogens (tertiary/aromatic N) is 1. The molecule has 0 atom stereocenters. The maximum Gasteiger partial charge on any atom is 0.240 e. The molecule has 8 heteroatoms. The molecule has 5 nitrogen and oxygen atoms in total. The van der Waals surface area contributed by atoms with Crippen LogP contribution in [0.2, 0.25) is 0 Å². The van der Waals surface area contributed by atoms with Gasteiger partial charge in [-0.3, -0.25) is 0 Å². The molecule has 1 heterocycles. The van der Waals surface area contributed by atoms with E-state index in [4.69, 9.17) is 18.0 Å². The summed E-state index contributed by atoms with van der Waals surface area (Å²) in [5.41, 5.74) is 5.32. The molecular formula is C13H18FN3O2S2. The first-order chi connectivity index (χ1) is 9.90. The molecule has 116 valence electrons. The van der Waals surface area contributed by atoms with Gasteiger partial charge in [0.25, 0.3) is 0 Å². The molecule has 0 radical (unpaired) electrons. The zero-order valence-corrected chi connectivity index (χ0v) is 13.1. The molecule has 1 aliphatic rings. The summed E-state index contributed by atoms with van der Waals surface area (Å²) < 4.78 is 40.3. The van der Waals surface area contributed by atoms with Crippen LogP contribution in [0.4, 0.5) is 4.39 Å². The molecule has 0 spiro atoms. The van der Waals surface area contributed by atoms with Gasteiger partial charge in [0.05, 0.1) is 4.90 Å². The fourth-order valence-electron chi connectivity index (χ4n) is 2.29. The van der Waals surface area contributed by atoms with Crippen LogP contribution in [0, 0.1) is 5.82 Å². The van der Waals surface area contributed by atoms with Gasteiger partial charge in [0.1, 0.15) is 10.8 Å². The molecule has 0 amide bonds. The van der Waals surface area contributed by atoms with Gasteiger partial charge in [-0.2, -0.15) is 0 Å². The molecule has 1 aromatic rings. The van der Waals surface area contributed by atoms with Crippen molar-refractivity contribution in [1.29, 1.82) is 0 Å². The Morgan fingerprint density at radius 3 is 2.67 bits per heavy atom. The summed E-state index contributed by atoms with van der Waals surface area (Å²) in [7, 11) is -3.68. The lowest BCUT2D eigenvalue weighted by Crippen LogP contribution is -2.33. The lowest BCUT2D eigenvalue weighted by molar-refractivity contribution is 0.344. The van der Waals surface area contributed by atoms with E-state index in [1.54, 1.807) is 0 Å². The third-order valence-electron chi connectivity index (χ3n) is 3.43. The fraction of sp³-hybridized carbons (Fsp3) is 0.462. The van der Waals surface area contributed by atoms with Crippen molar-refractivity contribution in [3.8, 4) is 0 Å². The van der Waals surface area contributed by atoms with Crippen LogP contribution in [-0.4, -0.2) is 44.5 Å². The number of benzene rings is 1. The molecule has 0 aromatic heterocycles. The minimum atomic E-state index is -3.68. The third kappa shape index (κ3) is 4.19. The Hall–Kier alpha value is -1.09. The second-order valence-electron chi connectivity index (χ2n) is 4.95. The zero-order chi connectivity index (χ0) is 15.5. The van der Waals surface area contributed by atoms with Crippen LogP contribution in [-0.2, 0) is 10.0 Å². The summed E-state index contributed by atoms with van der Waals surface area (Å²) in [5, 5.41) is 0. The van der Waals surface area contributed by atoms with Crippen LogP contribution in [0.3, 0.4) is 0 Å². The van der Waals surface area contributed by atoms with Gasteiger partial charge < -0.3 is 10.6 Å². The number of thiocarbonyl (C=S) groups is 1. The molecule has 0 bridgehead atoms. The monoisotopic (exact) mass is 331 g/mol. The van der Waals surface area contributed by atoms with E-state index < -0.39 is 15.8 Å². The molecule has 2 rings (SSSR count). The van der Waals surface area contributed by atoms with Crippen LogP contribution in [0.1, 0.15) is 18.4 Å². The van der Waals surface area contributed by atoms with Crippen molar-refractivity contribution >= 4 is 27.2 Å². The number of halogens is 1. The zero-order valence-electron chi connectivity index (χ0n) is 11.5. The van der Waals surface area contributed by atoms with Crippen LogP contribution in [0.5, 0.6) is 0 Å². The highest BCUT2D eigenvalue weighted by atomic mass is 32.2. The minimum absolute atomic E-state index is 0.0341. The standard InChI is InChI=1S/C13H18FN3O2S2/c14-12-4-3-10(9-11(12)13(15)20)21(18,19)16-5-8-17-6-1-2-7-17/h3-4,9,16H,1-2,5-8H2,(H2,15,20). The Labute approximate surface area is 129 Å².